The molecular weight excluding hydrogens is 468 g/mol. The number of nitrogens with two attached hydrogens (primary N) is 1. The molecule has 3 N–H and O–H groups in total. The van der Waals surface area contributed by atoms with Gasteiger partial charge in [-0.25, -0.2) is 4.79 Å². The molecule has 1 spiro atoms. The molecule has 0 radical (unpaired) electrons. The van der Waals surface area contributed by atoms with Gasteiger partial charge in [0.25, 0.3) is 0 Å². The highest BCUT2D eigenvalue weighted by Gasteiger charge is 2.61. The highest BCUT2D eigenvalue weighted by molar-refractivity contribution is 6.23. The number of amides is 1. The number of hydrogen-bond donors (Lipinski definition) is 2. The molecular formula is C29H32N4O4. The molecule has 37 heavy (non-hydrogen) atoms. The van der Waals surface area contributed by atoms with Gasteiger partial charge < -0.3 is 20.7 Å². The van der Waals surface area contributed by atoms with Crippen LogP contribution in [0.4, 0.5) is 17.1 Å². The van der Waals surface area contributed by atoms with Crippen LogP contribution in [-0.4, -0.2) is 37.9 Å². The minimum absolute atomic E-state index is 0.0290. The first-order valence-electron chi connectivity index (χ1n) is 12.7. The summed E-state index contributed by atoms with van der Waals surface area (Å²) in [5.41, 5.74) is 9.88. The van der Waals surface area contributed by atoms with Crippen LogP contribution in [0.2, 0.25) is 0 Å². The van der Waals surface area contributed by atoms with Gasteiger partial charge in [0.2, 0.25) is 5.91 Å². The normalized spacial score (nSPS) is 20.7. The van der Waals surface area contributed by atoms with Crippen LogP contribution in [0, 0.1) is 6.92 Å². The molecule has 0 fully saturated rings. The van der Waals surface area contributed by atoms with Gasteiger partial charge in [-0.15, -0.1) is 0 Å². The van der Waals surface area contributed by atoms with Crippen molar-refractivity contribution in [3.05, 3.63) is 76.3 Å². The number of benzene rings is 2. The van der Waals surface area contributed by atoms with Crippen LogP contribution < -0.4 is 20.9 Å². The number of carbonyl (C=O) groups excluding carboxylic acids is 3. The van der Waals surface area contributed by atoms with E-state index in [4.69, 9.17) is 10.5 Å². The Balaban J connectivity index is 1.81. The van der Waals surface area contributed by atoms with Crippen LogP contribution in [0.1, 0.15) is 44.2 Å². The number of methoxy groups -OCH3 is 1. The second-order valence-electron chi connectivity index (χ2n) is 9.63. The molecule has 1 aliphatic carbocycles. The summed E-state index contributed by atoms with van der Waals surface area (Å²) in [4.78, 5) is 45.0. The van der Waals surface area contributed by atoms with E-state index in [1.807, 2.05) is 43.3 Å². The number of aryl methyl sites for hydroxylation is 1. The first kappa shape index (κ1) is 24.6. The maximum atomic E-state index is 13.9. The smallest absolute Gasteiger partial charge is 0.339 e. The molecule has 8 heteroatoms. The van der Waals surface area contributed by atoms with Gasteiger partial charge >= 0.3 is 5.97 Å². The summed E-state index contributed by atoms with van der Waals surface area (Å²) < 4.78 is 5.20. The quantitative estimate of drug-likeness (QED) is 0.600. The Morgan fingerprint density at radius 2 is 1.81 bits per heavy atom. The van der Waals surface area contributed by atoms with E-state index in [1.54, 1.807) is 11.0 Å². The summed E-state index contributed by atoms with van der Waals surface area (Å²) in [7, 11) is 1.26. The van der Waals surface area contributed by atoms with E-state index >= 15 is 0 Å². The van der Waals surface area contributed by atoms with Crippen molar-refractivity contribution in [2.45, 2.75) is 45.4 Å². The standard InChI is InChI=1S/C29H32N4O4/c1-5-32(6-2)18-11-13-19(14-12-18)33-22-8-7-9-23(34)24(22)29(25(26(33)30)27(35)37-4)20-16-17(3)10-15-21(20)31-28(29)36/h10-16H,5-9,30H2,1-4H3,(H,31,36). The van der Waals surface area contributed by atoms with Crippen LogP contribution in [0.15, 0.2) is 65.1 Å². The Labute approximate surface area is 216 Å². The summed E-state index contributed by atoms with van der Waals surface area (Å²) in [6.07, 6.45) is 1.47. The van der Waals surface area contributed by atoms with Crippen LogP contribution in [-0.2, 0) is 24.5 Å². The average molecular weight is 501 g/mol. The number of allylic oxidation sites excluding steroid dienone is 1. The average Bonchev–Trinajstić information content (AvgIpc) is 3.16. The Morgan fingerprint density at radius 1 is 1.11 bits per heavy atom. The number of rotatable bonds is 5. The molecule has 2 aliphatic heterocycles. The largest absolute Gasteiger partial charge is 0.466 e. The lowest BCUT2D eigenvalue weighted by Crippen LogP contribution is -2.53. The molecule has 0 bridgehead atoms. The van der Waals surface area contributed by atoms with Gasteiger partial charge in [-0.3, -0.25) is 14.5 Å². The maximum absolute atomic E-state index is 13.9. The molecule has 1 amide bonds. The van der Waals surface area contributed by atoms with Crippen molar-refractivity contribution in [3.8, 4) is 0 Å². The Bertz CT molecular complexity index is 1370. The van der Waals surface area contributed by atoms with Crippen molar-refractivity contribution >= 4 is 34.7 Å². The van der Waals surface area contributed by atoms with Crippen LogP contribution in [0.5, 0.6) is 0 Å². The fraction of sp³-hybridized carbons (Fsp3) is 0.345. The minimum atomic E-state index is -1.66. The van der Waals surface area contributed by atoms with Crippen LogP contribution >= 0.6 is 0 Å². The summed E-state index contributed by atoms with van der Waals surface area (Å²) in [6.45, 7) is 7.85. The van der Waals surface area contributed by atoms with Gasteiger partial charge in [0.15, 0.2) is 5.78 Å². The highest BCUT2D eigenvalue weighted by Crippen LogP contribution is 2.55. The van der Waals surface area contributed by atoms with Crippen molar-refractivity contribution in [3.63, 3.8) is 0 Å². The Kier molecular flexibility index (Phi) is 6.06. The SMILES string of the molecule is CCN(CC)c1ccc(N2C(N)=C(C(=O)OC)C3(C(=O)Nc4ccc(C)cc43)C3=C2CCCC3=O)cc1. The molecule has 2 aromatic carbocycles. The number of fused-ring (bicyclic) bond motifs is 3. The molecule has 3 aliphatic rings. The lowest BCUT2D eigenvalue weighted by atomic mass is 9.63. The first-order chi connectivity index (χ1) is 17.8. The second-order valence-corrected chi connectivity index (χ2v) is 9.63. The summed E-state index contributed by atoms with van der Waals surface area (Å²) in [5, 5.41) is 2.91. The number of anilines is 3. The van der Waals surface area contributed by atoms with Crippen molar-refractivity contribution in [1.82, 2.24) is 0 Å². The first-order valence-corrected chi connectivity index (χ1v) is 12.7. The lowest BCUT2D eigenvalue weighted by Gasteiger charge is -2.44. The zero-order chi connectivity index (χ0) is 26.5. The van der Waals surface area contributed by atoms with Crippen molar-refractivity contribution in [2.75, 3.05) is 35.3 Å². The maximum Gasteiger partial charge on any atom is 0.339 e. The molecule has 192 valence electrons. The fourth-order valence-electron chi connectivity index (χ4n) is 6.02. The minimum Gasteiger partial charge on any atom is -0.466 e. The van der Waals surface area contributed by atoms with Crippen molar-refractivity contribution < 1.29 is 19.1 Å². The Hall–Kier alpha value is -4.07. The number of ketones is 1. The fourth-order valence-corrected chi connectivity index (χ4v) is 6.02. The lowest BCUT2D eigenvalue weighted by molar-refractivity contribution is -0.138. The molecule has 0 saturated heterocycles. The van der Waals surface area contributed by atoms with Crippen molar-refractivity contribution in [1.29, 1.82) is 0 Å². The number of esters is 1. The van der Waals surface area contributed by atoms with Crippen LogP contribution in [0.25, 0.3) is 0 Å². The van der Waals surface area contributed by atoms with E-state index in [0.29, 0.717) is 35.4 Å². The molecule has 0 aromatic heterocycles. The van der Waals surface area contributed by atoms with Gasteiger partial charge in [-0.1, -0.05) is 17.7 Å². The predicted octanol–water partition coefficient (Wildman–Crippen LogP) is 3.90. The molecule has 0 saturated carbocycles. The number of carbonyl (C=O) groups is 3. The summed E-state index contributed by atoms with van der Waals surface area (Å²) >= 11 is 0. The zero-order valence-corrected chi connectivity index (χ0v) is 21.7. The third-order valence-corrected chi connectivity index (χ3v) is 7.70. The van der Waals surface area contributed by atoms with E-state index in [0.717, 1.165) is 30.0 Å². The molecule has 8 nitrogen and oxygen atoms in total. The molecule has 2 aromatic rings. The van der Waals surface area contributed by atoms with E-state index < -0.39 is 17.3 Å². The van der Waals surface area contributed by atoms with Crippen LogP contribution in [0.3, 0.4) is 0 Å². The molecule has 1 unspecified atom stereocenters. The summed E-state index contributed by atoms with van der Waals surface area (Å²) in [5.74, 6) is -1.27. The molecule has 1 atom stereocenters. The monoisotopic (exact) mass is 500 g/mol. The molecule has 2 heterocycles. The Morgan fingerprint density at radius 3 is 2.46 bits per heavy atom. The van der Waals surface area contributed by atoms with Gasteiger partial charge in [-0.05, 0) is 63.9 Å². The van der Waals surface area contributed by atoms with Crippen molar-refractivity contribution in [2.24, 2.45) is 5.73 Å². The highest BCUT2D eigenvalue weighted by atomic mass is 16.5. The third kappa shape index (κ3) is 3.46. The number of hydrogen-bond acceptors (Lipinski definition) is 7. The zero-order valence-electron chi connectivity index (χ0n) is 21.7. The van der Waals surface area contributed by atoms with Gasteiger partial charge in [-0.2, -0.15) is 0 Å². The van der Waals surface area contributed by atoms with Gasteiger partial charge in [0.1, 0.15) is 16.8 Å². The van der Waals surface area contributed by atoms with E-state index in [-0.39, 0.29) is 23.6 Å². The summed E-state index contributed by atoms with van der Waals surface area (Å²) in [6, 6.07) is 13.4. The number of Topliss-reactive ketones (excluding diaryl/α,β-unsaturated/α-hetero) is 1. The van der Waals surface area contributed by atoms with Gasteiger partial charge in [0, 0.05) is 53.4 Å². The van der Waals surface area contributed by atoms with E-state index in [1.165, 1.54) is 7.11 Å². The van der Waals surface area contributed by atoms with E-state index in [2.05, 4.69) is 24.1 Å². The van der Waals surface area contributed by atoms with E-state index in [9.17, 15) is 14.4 Å². The number of nitrogens with zero attached hydrogens (tertiary/aromatic N) is 2. The van der Waals surface area contributed by atoms with Gasteiger partial charge in [0.05, 0.1) is 7.11 Å². The molecule has 5 rings (SSSR count). The number of ether oxygens (including phenoxy) is 1. The number of nitrogens with one attached hydrogen (secondary N) is 1. The third-order valence-electron chi connectivity index (χ3n) is 7.70. The topological polar surface area (TPSA) is 105 Å². The second kappa shape index (κ2) is 9.10. The predicted molar refractivity (Wildman–Crippen MR) is 143 cm³/mol.